The smallest absolute Gasteiger partial charge is 0.222 e. The van der Waals surface area contributed by atoms with E-state index in [4.69, 9.17) is 4.74 Å². The maximum Gasteiger partial charge on any atom is 0.222 e. The summed E-state index contributed by atoms with van der Waals surface area (Å²) < 4.78 is 20.0. The largest absolute Gasteiger partial charge is 0.377 e. The van der Waals surface area contributed by atoms with E-state index in [1.54, 1.807) is 11.0 Å². The average molecular weight is 332 g/mol. The molecule has 1 saturated heterocycles. The van der Waals surface area contributed by atoms with Gasteiger partial charge in [0.1, 0.15) is 5.83 Å². The van der Waals surface area contributed by atoms with Crippen LogP contribution in [0.3, 0.4) is 0 Å². The molecule has 1 N–H and O–H groups in total. The predicted molar refractivity (Wildman–Crippen MR) is 91.7 cm³/mol. The highest BCUT2D eigenvalue weighted by Gasteiger charge is 2.24. The predicted octanol–water partition coefficient (Wildman–Crippen LogP) is 3.35. The Bertz CT molecular complexity index is 658. The van der Waals surface area contributed by atoms with Gasteiger partial charge in [0.25, 0.3) is 0 Å². The summed E-state index contributed by atoms with van der Waals surface area (Å²) in [5.41, 5.74) is 4.86. The monoisotopic (exact) mass is 332 g/mol. The van der Waals surface area contributed by atoms with E-state index < -0.39 is 0 Å². The Morgan fingerprint density at radius 3 is 2.88 bits per heavy atom. The lowest BCUT2D eigenvalue weighted by molar-refractivity contribution is -0.127. The molecule has 130 valence electrons. The fraction of sp³-hybridized carbons (Fsp3) is 0.526. The standard InChI is InChI=1S/C19H25FN2O2/c1-13-10-15(21-18-7-9-24-12-14(18)2)5-6-17(20)16(13)11-22-8-3-4-19(22)23/h6,10,21H,3-5,7-9,11-12H2,1-2H3. The molecule has 0 aromatic rings. The SMILES string of the molecule is CC1=C(CN2CCCC2=O)C(F)=CCC(NC2=C(C)COCC2)=C1. The molecule has 0 spiro atoms. The summed E-state index contributed by atoms with van der Waals surface area (Å²) in [5, 5.41) is 3.46. The van der Waals surface area contributed by atoms with E-state index in [2.05, 4.69) is 12.2 Å². The molecule has 2 aliphatic heterocycles. The minimum absolute atomic E-state index is 0.123. The Morgan fingerprint density at radius 1 is 1.33 bits per heavy atom. The molecule has 0 bridgehead atoms. The molecule has 0 aromatic heterocycles. The van der Waals surface area contributed by atoms with Gasteiger partial charge in [-0.3, -0.25) is 4.79 Å². The van der Waals surface area contributed by atoms with Crippen molar-refractivity contribution in [3.8, 4) is 0 Å². The summed E-state index contributed by atoms with van der Waals surface area (Å²) in [6, 6.07) is 0. The second-order valence-electron chi connectivity index (χ2n) is 6.69. The van der Waals surface area contributed by atoms with E-state index in [0.717, 1.165) is 30.7 Å². The highest BCUT2D eigenvalue weighted by atomic mass is 19.1. The highest BCUT2D eigenvalue weighted by Crippen LogP contribution is 2.27. The van der Waals surface area contributed by atoms with Crippen LogP contribution in [0.4, 0.5) is 4.39 Å². The molecule has 3 aliphatic rings. The zero-order chi connectivity index (χ0) is 17.1. The maximum absolute atomic E-state index is 14.5. The lowest BCUT2D eigenvalue weighted by atomic mass is 10.1. The molecule has 0 saturated carbocycles. The summed E-state index contributed by atoms with van der Waals surface area (Å²) in [6.45, 7) is 6.44. The van der Waals surface area contributed by atoms with Gasteiger partial charge in [-0.2, -0.15) is 0 Å². The molecule has 2 heterocycles. The molecule has 0 aromatic carbocycles. The lowest BCUT2D eigenvalue weighted by Crippen LogP contribution is -2.27. The molecule has 1 amide bonds. The van der Waals surface area contributed by atoms with Gasteiger partial charge in [-0.25, -0.2) is 4.39 Å². The van der Waals surface area contributed by atoms with Crippen LogP contribution in [0, 0.1) is 0 Å². The first-order chi connectivity index (χ1) is 11.5. The normalized spacial score (nSPS) is 22.6. The third-order valence-corrected chi connectivity index (χ3v) is 4.82. The van der Waals surface area contributed by atoms with Crippen LogP contribution in [-0.2, 0) is 9.53 Å². The van der Waals surface area contributed by atoms with Crippen LogP contribution in [0.1, 0.15) is 39.5 Å². The first kappa shape index (κ1) is 17.0. The van der Waals surface area contributed by atoms with E-state index in [0.29, 0.717) is 38.2 Å². The Morgan fingerprint density at radius 2 is 2.17 bits per heavy atom. The number of allylic oxidation sites excluding steroid dienone is 3. The second kappa shape index (κ2) is 7.34. The minimum atomic E-state index is -0.210. The number of nitrogens with one attached hydrogen (secondary N) is 1. The molecular weight excluding hydrogens is 307 g/mol. The molecule has 24 heavy (non-hydrogen) atoms. The van der Waals surface area contributed by atoms with Crippen LogP contribution in [0.25, 0.3) is 0 Å². The number of likely N-dealkylation sites (tertiary alicyclic amines) is 1. The van der Waals surface area contributed by atoms with Crippen LogP contribution in [-0.4, -0.2) is 37.1 Å². The third kappa shape index (κ3) is 3.78. The fourth-order valence-electron chi connectivity index (χ4n) is 3.33. The summed E-state index contributed by atoms with van der Waals surface area (Å²) in [7, 11) is 0. The molecular formula is C19H25FN2O2. The average Bonchev–Trinajstić information content (AvgIpc) is 2.91. The van der Waals surface area contributed by atoms with Gasteiger partial charge in [0.2, 0.25) is 5.91 Å². The summed E-state index contributed by atoms with van der Waals surface area (Å²) in [6.07, 6.45) is 6.45. The number of ether oxygens (including phenoxy) is 1. The molecule has 4 nitrogen and oxygen atoms in total. The Labute approximate surface area is 142 Å². The molecule has 0 unspecified atom stereocenters. The molecule has 3 rings (SSSR count). The van der Waals surface area contributed by atoms with Crippen molar-refractivity contribution in [2.24, 2.45) is 0 Å². The Balaban J connectivity index is 1.79. The molecule has 0 radical (unpaired) electrons. The van der Waals surface area contributed by atoms with Gasteiger partial charge in [-0.05, 0) is 43.6 Å². The maximum atomic E-state index is 14.5. The number of rotatable bonds is 4. The second-order valence-corrected chi connectivity index (χ2v) is 6.69. The Kier molecular flexibility index (Phi) is 5.19. The van der Waals surface area contributed by atoms with Crippen molar-refractivity contribution in [3.63, 3.8) is 0 Å². The quantitative estimate of drug-likeness (QED) is 0.858. The molecule has 0 atom stereocenters. The van der Waals surface area contributed by atoms with Crippen LogP contribution in [0.5, 0.6) is 0 Å². The van der Waals surface area contributed by atoms with Crippen molar-refractivity contribution in [1.29, 1.82) is 0 Å². The van der Waals surface area contributed by atoms with Crippen molar-refractivity contribution in [3.05, 3.63) is 46.1 Å². The number of hydrogen-bond donors (Lipinski definition) is 1. The van der Waals surface area contributed by atoms with Crippen molar-refractivity contribution in [2.45, 2.75) is 39.5 Å². The molecule has 1 fully saturated rings. The van der Waals surface area contributed by atoms with Crippen molar-refractivity contribution in [2.75, 3.05) is 26.3 Å². The van der Waals surface area contributed by atoms with Crippen LogP contribution >= 0.6 is 0 Å². The zero-order valence-electron chi connectivity index (χ0n) is 14.5. The topological polar surface area (TPSA) is 41.6 Å². The van der Waals surface area contributed by atoms with Gasteiger partial charge in [0.15, 0.2) is 0 Å². The number of nitrogens with zero attached hydrogens (tertiary/aromatic N) is 1. The summed E-state index contributed by atoms with van der Waals surface area (Å²) in [4.78, 5) is 13.6. The van der Waals surface area contributed by atoms with Crippen LogP contribution in [0.15, 0.2) is 46.1 Å². The van der Waals surface area contributed by atoms with Gasteiger partial charge in [-0.15, -0.1) is 0 Å². The zero-order valence-corrected chi connectivity index (χ0v) is 14.5. The molecule has 1 aliphatic carbocycles. The number of carbonyl (C=O) groups excluding carboxylic acids is 1. The third-order valence-electron chi connectivity index (χ3n) is 4.82. The van der Waals surface area contributed by atoms with Crippen molar-refractivity contribution >= 4 is 5.91 Å². The van der Waals surface area contributed by atoms with E-state index in [1.165, 1.54) is 11.3 Å². The first-order valence-electron chi connectivity index (χ1n) is 8.62. The van der Waals surface area contributed by atoms with E-state index in [1.807, 2.05) is 13.0 Å². The van der Waals surface area contributed by atoms with Gasteiger partial charge >= 0.3 is 0 Å². The Hall–Kier alpha value is -1.88. The summed E-state index contributed by atoms with van der Waals surface area (Å²) >= 11 is 0. The van der Waals surface area contributed by atoms with E-state index in [-0.39, 0.29) is 11.7 Å². The number of hydrogen-bond acceptors (Lipinski definition) is 3. The van der Waals surface area contributed by atoms with Crippen LogP contribution < -0.4 is 5.32 Å². The van der Waals surface area contributed by atoms with Gasteiger partial charge in [0, 0.05) is 49.3 Å². The minimum Gasteiger partial charge on any atom is -0.377 e. The van der Waals surface area contributed by atoms with E-state index >= 15 is 0 Å². The fourth-order valence-corrected chi connectivity index (χ4v) is 3.33. The van der Waals surface area contributed by atoms with Crippen LogP contribution in [0.2, 0.25) is 0 Å². The number of carbonyl (C=O) groups is 1. The summed E-state index contributed by atoms with van der Waals surface area (Å²) in [5.74, 6) is -0.0874. The van der Waals surface area contributed by atoms with E-state index in [9.17, 15) is 9.18 Å². The first-order valence-corrected chi connectivity index (χ1v) is 8.62. The van der Waals surface area contributed by atoms with Gasteiger partial charge in [-0.1, -0.05) is 0 Å². The van der Waals surface area contributed by atoms with Crippen molar-refractivity contribution in [1.82, 2.24) is 10.2 Å². The lowest BCUT2D eigenvalue weighted by Gasteiger charge is -2.21. The van der Waals surface area contributed by atoms with Crippen molar-refractivity contribution < 1.29 is 13.9 Å². The number of halogens is 1. The highest BCUT2D eigenvalue weighted by molar-refractivity contribution is 5.78. The van der Waals surface area contributed by atoms with Gasteiger partial charge < -0.3 is 15.0 Å². The number of amides is 1. The van der Waals surface area contributed by atoms with Gasteiger partial charge in [0.05, 0.1) is 13.2 Å². The molecule has 5 heteroatoms.